The Kier molecular flexibility index (Phi) is 5.16. The molecule has 0 saturated carbocycles. The highest BCUT2D eigenvalue weighted by Gasteiger charge is 2.13. The third kappa shape index (κ3) is 4.08. The minimum atomic E-state index is -0.292. The molecule has 0 radical (unpaired) electrons. The zero-order chi connectivity index (χ0) is 16.1. The summed E-state index contributed by atoms with van der Waals surface area (Å²) >= 11 is 5.14. The van der Waals surface area contributed by atoms with Crippen molar-refractivity contribution in [3.8, 4) is 0 Å². The Bertz CT molecular complexity index is 677. The zero-order valence-corrected chi connectivity index (χ0v) is 13.6. The molecule has 0 aliphatic heterocycles. The number of hydrogen-bond acceptors (Lipinski definition) is 3. The van der Waals surface area contributed by atoms with Crippen molar-refractivity contribution in [2.75, 3.05) is 5.32 Å². The van der Waals surface area contributed by atoms with E-state index in [1.165, 1.54) is 5.56 Å². The van der Waals surface area contributed by atoms with Crippen molar-refractivity contribution in [3.05, 3.63) is 53.0 Å². The summed E-state index contributed by atoms with van der Waals surface area (Å²) in [5.74, 6) is 0.977. The molecule has 0 unspecified atom stereocenters. The van der Waals surface area contributed by atoms with Crippen LogP contribution >= 0.6 is 12.2 Å². The maximum absolute atomic E-state index is 12.0. The molecule has 5 nitrogen and oxygen atoms in total. The van der Waals surface area contributed by atoms with E-state index in [0.29, 0.717) is 22.2 Å². The Labute approximate surface area is 135 Å². The number of nitrogens with one attached hydrogen (secondary N) is 3. The van der Waals surface area contributed by atoms with E-state index in [-0.39, 0.29) is 5.91 Å². The third-order valence-electron chi connectivity index (χ3n) is 3.20. The lowest BCUT2D eigenvalue weighted by Gasteiger charge is -2.11. The molecule has 116 valence electrons. The molecule has 0 fully saturated rings. The van der Waals surface area contributed by atoms with Crippen molar-refractivity contribution in [1.82, 2.24) is 10.9 Å². The van der Waals surface area contributed by atoms with Crippen LogP contribution in [0.25, 0.3) is 0 Å². The van der Waals surface area contributed by atoms with Crippen LogP contribution < -0.4 is 16.2 Å². The fourth-order valence-electron chi connectivity index (χ4n) is 2.02. The molecule has 1 aromatic heterocycles. The van der Waals surface area contributed by atoms with Crippen LogP contribution in [-0.2, 0) is 6.42 Å². The van der Waals surface area contributed by atoms with E-state index >= 15 is 0 Å². The van der Waals surface area contributed by atoms with Gasteiger partial charge >= 0.3 is 0 Å². The van der Waals surface area contributed by atoms with Crippen molar-refractivity contribution in [2.45, 2.75) is 27.2 Å². The molecule has 0 aliphatic rings. The summed E-state index contributed by atoms with van der Waals surface area (Å²) in [6.45, 7) is 5.64. The SMILES string of the molecule is CCc1ccc(NC(=S)NNC(=O)c2cc(C)oc2C)cc1. The molecule has 0 bridgehead atoms. The van der Waals surface area contributed by atoms with Gasteiger partial charge < -0.3 is 9.73 Å². The number of aryl methyl sites for hydroxylation is 3. The van der Waals surface area contributed by atoms with Crippen LogP contribution in [0.2, 0.25) is 0 Å². The second-order valence-corrected chi connectivity index (χ2v) is 5.32. The van der Waals surface area contributed by atoms with Crippen LogP contribution in [0.3, 0.4) is 0 Å². The van der Waals surface area contributed by atoms with E-state index in [1.54, 1.807) is 19.9 Å². The molecular formula is C16H19N3O2S. The fraction of sp³-hybridized carbons (Fsp3) is 0.250. The van der Waals surface area contributed by atoms with E-state index < -0.39 is 0 Å². The first-order chi connectivity index (χ1) is 10.5. The van der Waals surface area contributed by atoms with E-state index in [0.717, 1.165) is 12.1 Å². The molecule has 6 heteroatoms. The maximum atomic E-state index is 12.0. The second kappa shape index (κ2) is 7.09. The van der Waals surface area contributed by atoms with E-state index in [2.05, 4.69) is 23.1 Å². The summed E-state index contributed by atoms with van der Waals surface area (Å²) in [4.78, 5) is 12.0. The average Bonchev–Trinajstić information content (AvgIpc) is 2.84. The summed E-state index contributed by atoms with van der Waals surface area (Å²) in [6.07, 6.45) is 0.989. The number of hydrazine groups is 1. The number of rotatable bonds is 3. The summed E-state index contributed by atoms with van der Waals surface area (Å²) in [6, 6.07) is 9.63. The van der Waals surface area contributed by atoms with Gasteiger partial charge in [-0.3, -0.25) is 15.6 Å². The third-order valence-corrected chi connectivity index (χ3v) is 3.40. The number of amides is 1. The summed E-state index contributed by atoms with van der Waals surface area (Å²) < 4.78 is 5.32. The summed E-state index contributed by atoms with van der Waals surface area (Å²) in [7, 11) is 0. The Balaban J connectivity index is 1.87. The molecule has 1 heterocycles. The number of anilines is 1. The van der Waals surface area contributed by atoms with Crippen LogP contribution in [0, 0.1) is 13.8 Å². The Morgan fingerprint density at radius 3 is 2.41 bits per heavy atom. The number of benzene rings is 1. The van der Waals surface area contributed by atoms with Crippen molar-refractivity contribution in [2.24, 2.45) is 0 Å². The van der Waals surface area contributed by atoms with E-state index in [9.17, 15) is 4.79 Å². The van der Waals surface area contributed by atoms with Gasteiger partial charge in [0.1, 0.15) is 11.5 Å². The Morgan fingerprint density at radius 1 is 1.18 bits per heavy atom. The first kappa shape index (κ1) is 16.0. The van der Waals surface area contributed by atoms with Crippen LogP contribution in [0.5, 0.6) is 0 Å². The molecule has 2 aromatic rings. The van der Waals surface area contributed by atoms with Gasteiger partial charge in [0.05, 0.1) is 5.56 Å². The van der Waals surface area contributed by atoms with Gasteiger partial charge in [-0.1, -0.05) is 19.1 Å². The van der Waals surface area contributed by atoms with Crippen molar-refractivity contribution in [3.63, 3.8) is 0 Å². The molecule has 1 amide bonds. The second-order valence-electron chi connectivity index (χ2n) is 4.91. The lowest BCUT2D eigenvalue weighted by molar-refractivity contribution is 0.0942. The van der Waals surface area contributed by atoms with Crippen molar-refractivity contribution < 1.29 is 9.21 Å². The molecule has 2 rings (SSSR count). The molecule has 0 atom stereocenters. The van der Waals surface area contributed by atoms with Gasteiger partial charge in [-0.05, 0) is 56.2 Å². The topological polar surface area (TPSA) is 66.3 Å². The average molecular weight is 317 g/mol. The predicted octanol–water partition coefficient (Wildman–Crippen LogP) is 3.09. The molecule has 0 spiro atoms. The minimum Gasteiger partial charge on any atom is -0.466 e. The van der Waals surface area contributed by atoms with Gasteiger partial charge in [0.2, 0.25) is 0 Å². The highest BCUT2D eigenvalue weighted by atomic mass is 32.1. The Hall–Kier alpha value is -2.34. The standard InChI is InChI=1S/C16H19N3O2S/c1-4-12-5-7-13(8-6-12)17-16(22)19-18-15(20)14-9-10(2)21-11(14)3/h5-9H,4H2,1-3H3,(H,18,20)(H2,17,19,22). The van der Waals surface area contributed by atoms with Gasteiger partial charge in [-0.25, -0.2) is 0 Å². The zero-order valence-electron chi connectivity index (χ0n) is 12.8. The van der Waals surface area contributed by atoms with Crippen LogP contribution in [-0.4, -0.2) is 11.0 Å². The molecule has 22 heavy (non-hydrogen) atoms. The lowest BCUT2D eigenvalue weighted by Crippen LogP contribution is -2.43. The van der Waals surface area contributed by atoms with Crippen LogP contribution in [0.1, 0.15) is 34.4 Å². The number of hydrogen-bond donors (Lipinski definition) is 3. The monoisotopic (exact) mass is 317 g/mol. The van der Waals surface area contributed by atoms with Gasteiger partial charge in [0.25, 0.3) is 5.91 Å². The van der Waals surface area contributed by atoms with Crippen molar-refractivity contribution >= 4 is 28.9 Å². The van der Waals surface area contributed by atoms with E-state index in [1.807, 2.05) is 24.3 Å². The molecule has 0 saturated heterocycles. The van der Waals surface area contributed by atoms with Crippen LogP contribution in [0.15, 0.2) is 34.7 Å². The highest BCUT2D eigenvalue weighted by Crippen LogP contribution is 2.13. The van der Waals surface area contributed by atoms with Crippen molar-refractivity contribution in [1.29, 1.82) is 0 Å². The number of carbonyl (C=O) groups is 1. The number of furan rings is 1. The first-order valence-corrected chi connectivity index (χ1v) is 7.43. The fourth-order valence-corrected chi connectivity index (χ4v) is 2.19. The largest absolute Gasteiger partial charge is 0.466 e. The predicted molar refractivity (Wildman–Crippen MR) is 90.8 cm³/mol. The normalized spacial score (nSPS) is 10.1. The number of thiocarbonyl (C=S) groups is 1. The van der Waals surface area contributed by atoms with Gasteiger partial charge in [-0.15, -0.1) is 0 Å². The molecule has 0 aliphatic carbocycles. The summed E-state index contributed by atoms with van der Waals surface area (Å²) in [5, 5.41) is 3.32. The lowest BCUT2D eigenvalue weighted by atomic mass is 10.1. The van der Waals surface area contributed by atoms with E-state index in [4.69, 9.17) is 16.6 Å². The minimum absolute atomic E-state index is 0.292. The maximum Gasteiger partial charge on any atom is 0.273 e. The molecule has 1 aromatic carbocycles. The molecule has 3 N–H and O–H groups in total. The van der Waals surface area contributed by atoms with Crippen LogP contribution in [0.4, 0.5) is 5.69 Å². The smallest absolute Gasteiger partial charge is 0.273 e. The molecular weight excluding hydrogens is 298 g/mol. The summed E-state index contributed by atoms with van der Waals surface area (Å²) in [5.41, 5.74) is 7.82. The first-order valence-electron chi connectivity index (χ1n) is 7.03. The van der Waals surface area contributed by atoms with Gasteiger partial charge in [0, 0.05) is 5.69 Å². The van der Waals surface area contributed by atoms with Gasteiger partial charge in [0.15, 0.2) is 5.11 Å². The highest BCUT2D eigenvalue weighted by molar-refractivity contribution is 7.80. The van der Waals surface area contributed by atoms with Gasteiger partial charge in [-0.2, -0.15) is 0 Å². The number of carbonyl (C=O) groups excluding carboxylic acids is 1. The Morgan fingerprint density at radius 2 is 1.86 bits per heavy atom. The quantitative estimate of drug-likeness (QED) is 0.600.